The van der Waals surface area contributed by atoms with E-state index in [1.165, 1.54) is 5.57 Å². The molecule has 0 spiro atoms. The highest BCUT2D eigenvalue weighted by Gasteiger charge is 2.09. The van der Waals surface area contributed by atoms with Gasteiger partial charge in [-0.3, -0.25) is 5.43 Å². The van der Waals surface area contributed by atoms with Gasteiger partial charge in [-0.15, -0.1) is 0 Å². The lowest BCUT2D eigenvalue weighted by Gasteiger charge is -2.15. The number of nitrogens with one attached hydrogen (secondary N) is 1. The Labute approximate surface area is 146 Å². The van der Waals surface area contributed by atoms with Crippen molar-refractivity contribution in [3.05, 3.63) is 41.0 Å². The van der Waals surface area contributed by atoms with Crippen molar-refractivity contribution >= 4 is 11.9 Å². The third kappa shape index (κ3) is 6.85. The molecule has 0 saturated carbocycles. The summed E-state index contributed by atoms with van der Waals surface area (Å²) in [6.07, 6.45) is 3.94. The first kappa shape index (κ1) is 20.4. The molecular weight excluding hydrogens is 300 g/mol. The molecule has 1 rings (SSSR count). The van der Waals surface area contributed by atoms with Crippen LogP contribution in [-0.4, -0.2) is 25.0 Å². The fourth-order valence-electron chi connectivity index (χ4n) is 2.53. The van der Waals surface area contributed by atoms with Crippen LogP contribution in [0.2, 0.25) is 0 Å². The molecule has 2 unspecified atom stereocenters. The number of hydrogen-bond acceptors (Lipinski definition) is 4. The van der Waals surface area contributed by atoms with Crippen molar-refractivity contribution in [1.82, 2.24) is 5.43 Å². The molecular formula is C20H32N2O2. The average molecular weight is 332 g/mol. The zero-order valence-corrected chi connectivity index (χ0v) is 15.7. The zero-order chi connectivity index (χ0) is 17.9. The normalized spacial score (nSPS) is 13.8. The van der Waals surface area contributed by atoms with Gasteiger partial charge in [0.15, 0.2) is 0 Å². The lowest BCUT2D eigenvalue weighted by molar-refractivity contribution is 0.185. The van der Waals surface area contributed by atoms with Crippen LogP contribution < -0.4 is 5.43 Å². The van der Waals surface area contributed by atoms with E-state index in [9.17, 15) is 5.11 Å². The molecule has 4 nitrogen and oxygen atoms in total. The van der Waals surface area contributed by atoms with Crippen molar-refractivity contribution < 1.29 is 9.84 Å². The molecule has 0 aliphatic heterocycles. The maximum Gasteiger partial charge on any atom is 0.0713 e. The van der Waals surface area contributed by atoms with Crippen LogP contribution in [0, 0.1) is 11.8 Å². The second kappa shape index (κ2) is 11.0. The molecule has 0 saturated heterocycles. The Morgan fingerprint density at radius 1 is 1.29 bits per heavy atom. The van der Waals surface area contributed by atoms with Crippen LogP contribution in [0.25, 0.3) is 5.70 Å². The van der Waals surface area contributed by atoms with E-state index in [1.54, 1.807) is 7.11 Å². The molecule has 134 valence electrons. The number of methoxy groups -OCH3 is 1. The minimum atomic E-state index is 0.227. The fraction of sp³-hybridized carbons (Fsp3) is 0.550. The molecule has 0 amide bonds. The largest absolute Gasteiger partial charge is 0.396 e. The van der Waals surface area contributed by atoms with Gasteiger partial charge in [0.1, 0.15) is 0 Å². The molecule has 2 atom stereocenters. The molecule has 0 aliphatic carbocycles. The van der Waals surface area contributed by atoms with Crippen LogP contribution in [0.3, 0.4) is 0 Å². The van der Waals surface area contributed by atoms with Gasteiger partial charge in [0.05, 0.1) is 12.3 Å². The molecule has 1 aromatic rings. The first-order valence-corrected chi connectivity index (χ1v) is 8.67. The van der Waals surface area contributed by atoms with Crippen molar-refractivity contribution in [3.8, 4) is 0 Å². The molecule has 1 aromatic carbocycles. The summed E-state index contributed by atoms with van der Waals surface area (Å²) in [4.78, 5) is 0. The van der Waals surface area contributed by atoms with Crippen LogP contribution in [0.5, 0.6) is 0 Å². The Morgan fingerprint density at radius 3 is 2.46 bits per heavy atom. The summed E-state index contributed by atoms with van der Waals surface area (Å²) < 4.78 is 5.15. The number of allylic oxidation sites excluding steroid dienone is 1. The predicted octanol–water partition coefficient (Wildman–Crippen LogP) is 4.20. The topological polar surface area (TPSA) is 53.9 Å². The number of ether oxygens (including phenoxy) is 1. The SMILES string of the molecule is CCC(/C=N\NC(=C(C)C)c1ccc(COC)cc1)CC(C)CO. The van der Waals surface area contributed by atoms with Crippen molar-refractivity contribution in [2.45, 2.75) is 47.1 Å². The van der Waals surface area contributed by atoms with Gasteiger partial charge in [0.2, 0.25) is 0 Å². The van der Waals surface area contributed by atoms with Gasteiger partial charge >= 0.3 is 0 Å². The first-order valence-electron chi connectivity index (χ1n) is 8.67. The zero-order valence-electron chi connectivity index (χ0n) is 15.7. The Hall–Kier alpha value is -1.65. The van der Waals surface area contributed by atoms with E-state index in [-0.39, 0.29) is 6.61 Å². The van der Waals surface area contributed by atoms with Gasteiger partial charge in [-0.05, 0) is 49.7 Å². The van der Waals surface area contributed by atoms with Gasteiger partial charge in [-0.1, -0.05) is 43.7 Å². The smallest absolute Gasteiger partial charge is 0.0713 e. The highest BCUT2D eigenvalue weighted by Crippen LogP contribution is 2.18. The van der Waals surface area contributed by atoms with Crippen molar-refractivity contribution in [3.63, 3.8) is 0 Å². The number of benzene rings is 1. The summed E-state index contributed by atoms with van der Waals surface area (Å²) in [6, 6.07) is 8.32. The monoisotopic (exact) mass is 332 g/mol. The maximum atomic E-state index is 9.20. The van der Waals surface area contributed by atoms with E-state index in [0.29, 0.717) is 18.4 Å². The molecule has 0 bridgehead atoms. The van der Waals surface area contributed by atoms with Gasteiger partial charge in [-0.2, -0.15) is 5.10 Å². The number of aliphatic hydroxyl groups excluding tert-OH is 1. The van der Waals surface area contributed by atoms with Crippen LogP contribution in [0.4, 0.5) is 0 Å². The average Bonchev–Trinajstić information content (AvgIpc) is 2.58. The molecule has 0 radical (unpaired) electrons. The third-order valence-electron chi connectivity index (χ3n) is 4.06. The Kier molecular flexibility index (Phi) is 9.35. The number of hydrazone groups is 1. The Bertz CT molecular complexity index is 531. The molecule has 0 fully saturated rings. The lowest BCUT2D eigenvalue weighted by atomic mass is 9.95. The van der Waals surface area contributed by atoms with Gasteiger partial charge in [-0.25, -0.2) is 0 Å². The van der Waals surface area contributed by atoms with Crippen molar-refractivity contribution in [2.24, 2.45) is 16.9 Å². The van der Waals surface area contributed by atoms with Crippen LogP contribution in [0.15, 0.2) is 34.9 Å². The molecule has 2 N–H and O–H groups in total. The van der Waals surface area contributed by atoms with E-state index in [2.05, 4.69) is 62.5 Å². The highest BCUT2D eigenvalue weighted by molar-refractivity contribution is 5.68. The van der Waals surface area contributed by atoms with E-state index < -0.39 is 0 Å². The van der Waals surface area contributed by atoms with Crippen LogP contribution in [0.1, 0.15) is 51.7 Å². The summed E-state index contributed by atoms with van der Waals surface area (Å²) >= 11 is 0. The van der Waals surface area contributed by atoms with Gasteiger partial charge < -0.3 is 9.84 Å². The summed E-state index contributed by atoms with van der Waals surface area (Å²) in [5.41, 5.74) is 7.68. The molecule has 0 aliphatic rings. The quantitative estimate of drug-likeness (QED) is 0.498. The van der Waals surface area contributed by atoms with Crippen molar-refractivity contribution in [2.75, 3.05) is 13.7 Å². The predicted molar refractivity (Wildman–Crippen MR) is 102 cm³/mol. The van der Waals surface area contributed by atoms with E-state index >= 15 is 0 Å². The van der Waals surface area contributed by atoms with Gasteiger partial charge in [0.25, 0.3) is 0 Å². The number of nitrogens with zero attached hydrogens (tertiary/aromatic N) is 1. The second-order valence-corrected chi connectivity index (χ2v) is 6.59. The molecule has 0 heterocycles. The van der Waals surface area contributed by atoms with Crippen LogP contribution >= 0.6 is 0 Å². The molecule has 24 heavy (non-hydrogen) atoms. The number of rotatable bonds is 10. The molecule has 0 aromatic heterocycles. The third-order valence-corrected chi connectivity index (χ3v) is 4.06. The second-order valence-electron chi connectivity index (χ2n) is 6.59. The maximum absolute atomic E-state index is 9.20. The lowest BCUT2D eigenvalue weighted by Crippen LogP contribution is -2.13. The van der Waals surface area contributed by atoms with E-state index in [1.807, 2.05) is 6.21 Å². The summed E-state index contributed by atoms with van der Waals surface area (Å²) in [7, 11) is 1.70. The van der Waals surface area contributed by atoms with Gasteiger partial charge in [0, 0.05) is 19.9 Å². The summed E-state index contributed by atoms with van der Waals surface area (Å²) in [5.74, 6) is 0.680. The van der Waals surface area contributed by atoms with Crippen LogP contribution in [-0.2, 0) is 11.3 Å². The Balaban J connectivity index is 2.76. The van der Waals surface area contributed by atoms with E-state index in [4.69, 9.17) is 4.74 Å². The minimum Gasteiger partial charge on any atom is -0.396 e. The summed E-state index contributed by atoms with van der Waals surface area (Å²) in [5, 5.41) is 13.6. The first-order chi connectivity index (χ1) is 11.5. The Morgan fingerprint density at radius 2 is 1.96 bits per heavy atom. The fourth-order valence-corrected chi connectivity index (χ4v) is 2.53. The summed E-state index contributed by atoms with van der Waals surface area (Å²) in [6.45, 7) is 9.21. The van der Waals surface area contributed by atoms with Crippen molar-refractivity contribution in [1.29, 1.82) is 0 Å². The molecule has 4 heteroatoms. The number of hydrogen-bond donors (Lipinski definition) is 2. The highest BCUT2D eigenvalue weighted by atomic mass is 16.5. The standard InChI is InChI=1S/C20H32N2O2/c1-6-17(11-16(4)13-23)12-21-22-20(15(2)3)19-9-7-18(8-10-19)14-24-5/h7-10,12,16-17,22-23H,6,11,13-14H2,1-5H3/b21-12-. The number of aliphatic hydroxyl groups is 1. The van der Waals surface area contributed by atoms with E-state index in [0.717, 1.165) is 29.7 Å². The minimum absolute atomic E-state index is 0.227.